The van der Waals surface area contributed by atoms with Crippen LogP contribution in [0.5, 0.6) is 0 Å². The van der Waals surface area contributed by atoms with Gasteiger partial charge in [0.1, 0.15) is 0 Å². The monoisotopic (exact) mass is 405 g/mol. The fraction of sp³-hybridized carbons (Fsp3) is 0.353. The van der Waals surface area contributed by atoms with Gasteiger partial charge in [0.05, 0.1) is 11.9 Å². The van der Waals surface area contributed by atoms with Crippen molar-refractivity contribution in [2.24, 2.45) is 5.92 Å². The minimum atomic E-state index is -1.19. The highest BCUT2D eigenvalue weighted by Gasteiger charge is 2.36. The minimum absolute atomic E-state index is 0.0965. The highest BCUT2D eigenvalue weighted by Crippen LogP contribution is 2.31. The maximum absolute atomic E-state index is 12.5. The van der Waals surface area contributed by atoms with Crippen LogP contribution >= 0.6 is 23.1 Å². The Kier molecular flexibility index (Phi) is 5.76. The van der Waals surface area contributed by atoms with Gasteiger partial charge in [0.15, 0.2) is 4.34 Å². The number of carboxylic acid groups (broad SMARTS) is 1. The molecule has 1 fully saturated rings. The van der Waals surface area contributed by atoms with Crippen LogP contribution in [0.2, 0.25) is 0 Å². The fourth-order valence-corrected chi connectivity index (χ4v) is 4.53. The molecule has 0 spiro atoms. The van der Waals surface area contributed by atoms with Gasteiger partial charge in [-0.2, -0.15) is 0 Å². The predicted molar refractivity (Wildman–Crippen MR) is 101 cm³/mol. The van der Waals surface area contributed by atoms with Crippen molar-refractivity contribution in [1.82, 2.24) is 10.2 Å². The number of carbonyl (C=O) groups excluding carboxylic acids is 3. The summed E-state index contributed by atoms with van der Waals surface area (Å²) in [5, 5.41) is 20.7. The van der Waals surface area contributed by atoms with E-state index in [1.807, 2.05) is 31.2 Å². The molecule has 0 bridgehead atoms. The molecule has 27 heavy (non-hydrogen) atoms. The number of thioether (sulfide) groups is 1. The normalized spacial score (nSPS) is 17.8. The number of aryl methyl sites for hydroxylation is 1. The van der Waals surface area contributed by atoms with Gasteiger partial charge >= 0.3 is 0 Å². The molecular formula is C17H17N4O4S2-. The van der Waals surface area contributed by atoms with Gasteiger partial charge < -0.3 is 20.1 Å². The number of rotatable bonds is 6. The average Bonchev–Trinajstić information content (AvgIpc) is 3.22. The van der Waals surface area contributed by atoms with Crippen molar-refractivity contribution in [3.63, 3.8) is 0 Å². The lowest BCUT2D eigenvalue weighted by Gasteiger charge is -2.18. The molecule has 0 unspecified atom stereocenters. The maximum atomic E-state index is 12.5. The van der Waals surface area contributed by atoms with Crippen molar-refractivity contribution >= 4 is 51.7 Å². The number of aromatic nitrogens is 2. The molecule has 0 saturated carbocycles. The number of aliphatic carboxylic acids is 1. The molecule has 2 amide bonds. The van der Waals surface area contributed by atoms with E-state index in [0.29, 0.717) is 10.9 Å². The number of benzene rings is 1. The Bertz CT molecular complexity index is 885. The first kappa shape index (κ1) is 19.3. The lowest BCUT2D eigenvalue weighted by molar-refractivity contribution is -0.304. The van der Waals surface area contributed by atoms with E-state index in [0.717, 1.165) is 34.3 Å². The minimum Gasteiger partial charge on any atom is -0.549 e. The zero-order valence-electron chi connectivity index (χ0n) is 14.7. The van der Waals surface area contributed by atoms with Gasteiger partial charge in [-0.05, 0) is 25.5 Å². The van der Waals surface area contributed by atoms with E-state index in [4.69, 9.17) is 0 Å². The third-order valence-corrected chi connectivity index (χ3v) is 6.15. The lowest BCUT2D eigenvalue weighted by atomic mass is 10.1. The third-order valence-electron chi connectivity index (χ3n) is 4.15. The number of para-hydroxylation sites is 1. The Balaban J connectivity index is 1.62. The van der Waals surface area contributed by atoms with Gasteiger partial charge in [-0.25, -0.2) is 0 Å². The quantitative estimate of drug-likeness (QED) is 0.564. The highest BCUT2D eigenvalue weighted by molar-refractivity contribution is 8.02. The second-order valence-electron chi connectivity index (χ2n) is 6.13. The summed E-state index contributed by atoms with van der Waals surface area (Å²) in [6, 6.07) is 7.54. The van der Waals surface area contributed by atoms with Gasteiger partial charge in [-0.1, -0.05) is 41.3 Å². The Labute approximate surface area is 164 Å². The summed E-state index contributed by atoms with van der Waals surface area (Å²) in [7, 11) is 0. The first-order chi connectivity index (χ1) is 12.8. The van der Waals surface area contributed by atoms with E-state index in [1.54, 1.807) is 4.90 Å². The molecular weight excluding hydrogens is 388 g/mol. The summed E-state index contributed by atoms with van der Waals surface area (Å²) in [4.78, 5) is 37.2. The summed E-state index contributed by atoms with van der Waals surface area (Å²) in [5.41, 5.74) is 1.78. The van der Waals surface area contributed by atoms with Crippen LogP contribution in [-0.4, -0.2) is 39.8 Å². The van der Waals surface area contributed by atoms with E-state index in [9.17, 15) is 19.5 Å². The summed E-state index contributed by atoms with van der Waals surface area (Å²) in [6.07, 6.45) is 0.127. The second-order valence-corrected chi connectivity index (χ2v) is 8.70. The summed E-state index contributed by atoms with van der Waals surface area (Å²) in [5.74, 6) is -2.08. The predicted octanol–water partition coefficient (Wildman–Crippen LogP) is 1.07. The molecule has 1 aromatic carbocycles. The maximum Gasteiger partial charge on any atom is 0.231 e. The van der Waals surface area contributed by atoms with Crippen molar-refractivity contribution in [3.8, 4) is 0 Å². The molecule has 3 rings (SSSR count). The van der Waals surface area contributed by atoms with Gasteiger partial charge in [0.2, 0.25) is 16.9 Å². The van der Waals surface area contributed by atoms with Crippen molar-refractivity contribution in [1.29, 1.82) is 0 Å². The molecule has 0 radical (unpaired) electrons. The van der Waals surface area contributed by atoms with Gasteiger partial charge in [-0.15, -0.1) is 10.2 Å². The number of amides is 2. The van der Waals surface area contributed by atoms with Crippen molar-refractivity contribution in [3.05, 3.63) is 29.8 Å². The van der Waals surface area contributed by atoms with Crippen molar-refractivity contribution in [2.45, 2.75) is 29.9 Å². The summed E-state index contributed by atoms with van der Waals surface area (Å²) >= 11 is 2.09. The molecule has 2 atom stereocenters. The molecule has 142 valence electrons. The molecule has 8 nitrogen and oxygen atoms in total. The molecule has 10 heteroatoms. The molecule has 2 heterocycles. The molecule has 1 aromatic heterocycles. The van der Waals surface area contributed by atoms with Crippen LogP contribution in [0, 0.1) is 12.8 Å². The lowest BCUT2D eigenvalue weighted by Crippen LogP contribution is -2.31. The summed E-state index contributed by atoms with van der Waals surface area (Å²) < 4.78 is 0.422. The smallest absolute Gasteiger partial charge is 0.231 e. The molecule has 1 aliphatic rings. The Morgan fingerprint density at radius 3 is 2.81 bits per heavy atom. The Morgan fingerprint density at radius 2 is 2.11 bits per heavy atom. The number of hydrogen-bond acceptors (Lipinski definition) is 8. The number of nitrogens with zero attached hydrogens (tertiary/aromatic N) is 3. The van der Waals surface area contributed by atoms with E-state index in [-0.39, 0.29) is 23.4 Å². The highest BCUT2D eigenvalue weighted by atomic mass is 32.2. The van der Waals surface area contributed by atoms with Crippen LogP contribution in [-0.2, 0) is 14.4 Å². The van der Waals surface area contributed by atoms with Crippen LogP contribution in [0.1, 0.15) is 18.9 Å². The van der Waals surface area contributed by atoms with E-state index < -0.39 is 17.1 Å². The van der Waals surface area contributed by atoms with E-state index in [1.165, 1.54) is 6.92 Å². The SMILES string of the molecule is Cc1ccccc1N1C[C@H](C(=O)Nc2nnc(S[C@H](C)C(=O)[O-])s2)CC1=O. The molecule has 0 aliphatic carbocycles. The zero-order valence-corrected chi connectivity index (χ0v) is 16.3. The van der Waals surface area contributed by atoms with Gasteiger partial charge in [0, 0.05) is 23.9 Å². The van der Waals surface area contributed by atoms with Crippen molar-refractivity contribution in [2.75, 3.05) is 16.8 Å². The third kappa shape index (κ3) is 4.45. The average molecular weight is 405 g/mol. The van der Waals surface area contributed by atoms with Crippen LogP contribution in [0.25, 0.3) is 0 Å². The van der Waals surface area contributed by atoms with Gasteiger partial charge in [0.25, 0.3) is 0 Å². The number of hydrogen-bond donors (Lipinski definition) is 1. The number of carbonyl (C=O) groups is 3. The van der Waals surface area contributed by atoms with Crippen molar-refractivity contribution < 1.29 is 19.5 Å². The second kappa shape index (κ2) is 8.05. The molecule has 1 saturated heterocycles. The molecule has 2 aromatic rings. The van der Waals surface area contributed by atoms with Crippen LogP contribution in [0.3, 0.4) is 0 Å². The fourth-order valence-electron chi connectivity index (χ4n) is 2.70. The number of carboxylic acids is 1. The number of anilines is 2. The number of nitrogens with one attached hydrogen (secondary N) is 1. The van der Waals surface area contributed by atoms with E-state index in [2.05, 4.69) is 15.5 Å². The first-order valence-corrected chi connectivity index (χ1v) is 9.92. The van der Waals surface area contributed by atoms with E-state index >= 15 is 0 Å². The van der Waals surface area contributed by atoms with Crippen LogP contribution in [0.4, 0.5) is 10.8 Å². The van der Waals surface area contributed by atoms with Crippen LogP contribution < -0.4 is 15.3 Å². The summed E-state index contributed by atoms with van der Waals surface area (Å²) in [6.45, 7) is 3.71. The standard InChI is InChI=1S/C17H18N4O4S2/c1-9-5-3-4-6-12(9)21-8-11(7-13(21)22)14(23)18-16-19-20-17(27-16)26-10(2)15(24)25/h3-6,10-11H,7-8H2,1-2H3,(H,24,25)(H,18,19,23)/p-1/t10-,11-/m1/s1. The molecule has 1 aliphatic heterocycles. The van der Waals surface area contributed by atoms with Gasteiger partial charge in [-0.3, -0.25) is 9.59 Å². The Morgan fingerprint density at radius 1 is 1.37 bits per heavy atom. The first-order valence-electron chi connectivity index (χ1n) is 8.23. The molecule has 1 N–H and O–H groups in total. The zero-order chi connectivity index (χ0) is 19.6. The largest absolute Gasteiger partial charge is 0.549 e. The van der Waals surface area contributed by atoms with Crippen LogP contribution in [0.15, 0.2) is 28.6 Å². The Hall–Kier alpha value is -2.46. The topological polar surface area (TPSA) is 115 Å².